The summed E-state index contributed by atoms with van der Waals surface area (Å²) >= 11 is 1.46. The lowest BCUT2D eigenvalue weighted by Crippen LogP contribution is -2.12. The molecule has 0 spiro atoms. The standard InChI is InChI=1S/C11H9N3OS/c15-10-3-1-2-8-7(10)4-5-9(13-8)11-14-12-6-16-11/h4-6H,1-3H2. The molecule has 0 saturated carbocycles. The number of aryl methyl sites for hydroxylation is 1. The number of Topliss-reactive ketones (excluding diaryl/α,β-unsaturated/α-hetero) is 1. The topological polar surface area (TPSA) is 55.7 Å². The van der Waals surface area contributed by atoms with Gasteiger partial charge in [0.05, 0.1) is 5.69 Å². The van der Waals surface area contributed by atoms with Gasteiger partial charge in [0.2, 0.25) is 0 Å². The van der Waals surface area contributed by atoms with Crippen LogP contribution in [0.25, 0.3) is 10.7 Å². The SMILES string of the molecule is O=C1CCCc2nc(-c3nncs3)ccc21. The Morgan fingerprint density at radius 1 is 1.25 bits per heavy atom. The number of carbonyl (C=O) groups excluding carboxylic acids is 1. The molecule has 0 fully saturated rings. The molecule has 0 radical (unpaired) electrons. The molecule has 0 N–H and O–H groups in total. The Bertz CT molecular complexity index is 536. The fraction of sp³-hybridized carbons (Fsp3) is 0.273. The number of fused-ring (bicyclic) bond motifs is 1. The summed E-state index contributed by atoms with van der Waals surface area (Å²) in [7, 11) is 0. The van der Waals surface area contributed by atoms with Gasteiger partial charge >= 0.3 is 0 Å². The normalized spacial score (nSPS) is 14.9. The van der Waals surface area contributed by atoms with Crippen LogP contribution in [0.2, 0.25) is 0 Å². The first-order valence-electron chi connectivity index (χ1n) is 5.14. The highest BCUT2D eigenvalue weighted by Gasteiger charge is 2.19. The van der Waals surface area contributed by atoms with Crippen molar-refractivity contribution in [3.63, 3.8) is 0 Å². The summed E-state index contributed by atoms with van der Waals surface area (Å²) < 4.78 is 0. The minimum atomic E-state index is 0.206. The van der Waals surface area contributed by atoms with Crippen LogP contribution in [0, 0.1) is 0 Å². The van der Waals surface area contributed by atoms with Crippen molar-refractivity contribution in [2.24, 2.45) is 0 Å². The lowest BCUT2D eigenvalue weighted by atomic mass is 9.94. The zero-order valence-electron chi connectivity index (χ0n) is 8.51. The van der Waals surface area contributed by atoms with Crippen molar-refractivity contribution in [1.82, 2.24) is 15.2 Å². The van der Waals surface area contributed by atoms with E-state index in [9.17, 15) is 4.79 Å². The summed E-state index contributed by atoms with van der Waals surface area (Å²) in [5.41, 5.74) is 4.18. The van der Waals surface area contributed by atoms with E-state index in [2.05, 4.69) is 15.2 Å². The van der Waals surface area contributed by atoms with Gasteiger partial charge in [-0.2, -0.15) is 0 Å². The molecule has 0 amide bonds. The van der Waals surface area contributed by atoms with Crippen molar-refractivity contribution in [2.45, 2.75) is 19.3 Å². The summed E-state index contributed by atoms with van der Waals surface area (Å²) in [4.78, 5) is 16.1. The van der Waals surface area contributed by atoms with Gasteiger partial charge in [-0.1, -0.05) is 11.3 Å². The second kappa shape index (κ2) is 3.75. The number of hydrogen-bond donors (Lipinski definition) is 0. The molecule has 1 aliphatic carbocycles. The fourth-order valence-electron chi connectivity index (χ4n) is 1.90. The quantitative estimate of drug-likeness (QED) is 0.754. The molecular formula is C11H9N3OS. The Balaban J connectivity index is 2.08. The summed E-state index contributed by atoms with van der Waals surface area (Å²) in [6, 6.07) is 3.71. The molecule has 3 rings (SSSR count). The first-order valence-corrected chi connectivity index (χ1v) is 6.02. The van der Waals surface area contributed by atoms with Crippen LogP contribution in [-0.4, -0.2) is 21.0 Å². The van der Waals surface area contributed by atoms with E-state index < -0.39 is 0 Å². The first kappa shape index (κ1) is 9.59. The van der Waals surface area contributed by atoms with Gasteiger partial charge in [0.25, 0.3) is 0 Å². The van der Waals surface area contributed by atoms with E-state index in [4.69, 9.17) is 0 Å². The van der Waals surface area contributed by atoms with Crippen LogP contribution in [0.3, 0.4) is 0 Å². The van der Waals surface area contributed by atoms with Crippen LogP contribution in [0.4, 0.5) is 0 Å². The number of carbonyl (C=O) groups is 1. The van der Waals surface area contributed by atoms with E-state index >= 15 is 0 Å². The Labute approximate surface area is 96.4 Å². The maximum absolute atomic E-state index is 11.6. The zero-order valence-corrected chi connectivity index (χ0v) is 9.33. The molecule has 1 aliphatic rings. The Morgan fingerprint density at radius 2 is 2.19 bits per heavy atom. The van der Waals surface area contributed by atoms with Crippen molar-refractivity contribution < 1.29 is 4.79 Å². The van der Waals surface area contributed by atoms with E-state index in [1.807, 2.05) is 12.1 Å². The summed E-state index contributed by atoms with van der Waals surface area (Å²) in [5, 5.41) is 8.57. The van der Waals surface area contributed by atoms with Crippen molar-refractivity contribution >= 4 is 17.1 Å². The molecule has 80 valence electrons. The van der Waals surface area contributed by atoms with Crippen LogP contribution in [0.1, 0.15) is 28.9 Å². The zero-order chi connectivity index (χ0) is 11.0. The highest BCUT2D eigenvalue weighted by Crippen LogP contribution is 2.24. The number of ketones is 1. The van der Waals surface area contributed by atoms with Gasteiger partial charge in [-0.05, 0) is 25.0 Å². The number of hydrogen-bond acceptors (Lipinski definition) is 5. The third-order valence-corrected chi connectivity index (χ3v) is 3.38. The summed E-state index contributed by atoms with van der Waals surface area (Å²) in [6.07, 6.45) is 2.43. The molecule has 16 heavy (non-hydrogen) atoms. The van der Waals surface area contributed by atoms with E-state index in [-0.39, 0.29) is 5.78 Å². The summed E-state index contributed by atoms with van der Waals surface area (Å²) in [6.45, 7) is 0. The molecule has 4 nitrogen and oxygen atoms in total. The van der Waals surface area contributed by atoms with Crippen LogP contribution in [-0.2, 0) is 6.42 Å². The largest absolute Gasteiger partial charge is 0.294 e. The minimum absolute atomic E-state index is 0.206. The van der Waals surface area contributed by atoms with E-state index in [0.29, 0.717) is 6.42 Å². The monoisotopic (exact) mass is 231 g/mol. The molecule has 2 aromatic rings. The van der Waals surface area contributed by atoms with Gasteiger partial charge in [0, 0.05) is 12.0 Å². The van der Waals surface area contributed by atoms with Crippen molar-refractivity contribution in [3.05, 3.63) is 28.9 Å². The predicted octanol–water partition coefficient (Wildman–Crippen LogP) is 2.12. The molecule has 0 unspecified atom stereocenters. The first-order chi connectivity index (χ1) is 7.84. The number of rotatable bonds is 1. The van der Waals surface area contributed by atoms with E-state index in [0.717, 1.165) is 34.8 Å². The molecule has 5 heteroatoms. The highest BCUT2D eigenvalue weighted by molar-refractivity contribution is 7.12. The molecule has 0 bridgehead atoms. The molecule has 0 aliphatic heterocycles. The van der Waals surface area contributed by atoms with Gasteiger partial charge in [0.1, 0.15) is 11.2 Å². The predicted molar refractivity (Wildman–Crippen MR) is 60.4 cm³/mol. The molecule has 0 aromatic carbocycles. The third-order valence-electron chi connectivity index (χ3n) is 2.67. The van der Waals surface area contributed by atoms with Gasteiger partial charge in [0.15, 0.2) is 10.8 Å². The van der Waals surface area contributed by atoms with E-state index in [1.54, 1.807) is 5.51 Å². The number of pyridine rings is 1. The van der Waals surface area contributed by atoms with Gasteiger partial charge in [-0.15, -0.1) is 10.2 Å². The average Bonchev–Trinajstić information content (AvgIpc) is 2.82. The number of nitrogens with zero attached hydrogens (tertiary/aromatic N) is 3. The van der Waals surface area contributed by atoms with Gasteiger partial charge in [-0.25, -0.2) is 4.98 Å². The molecule has 0 atom stereocenters. The molecular weight excluding hydrogens is 222 g/mol. The van der Waals surface area contributed by atoms with Crippen LogP contribution >= 0.6 is 11.3 Å². The Hall–Kier alpha value is -1.62. The van der Waals surface area contributed by atoms with Crippen LogP contribution in [0.15, 0.2) is 17.6 Å². The smallest absolute Gasteiger partial charge is 0.166 e. The fourth-order valence-corrected chi connectivity index (χ4v) is 2.42. The van der Waals surface area contributed by atoms with E-state index in [1.165, 1.54) is 11.3 Å². The third kappa shape index (κ3) is 1.53. The second-order valence-electron chi connectivity index (χ2n) is 3.71. The van der Waals surface area contributed by atoms with Crippen LogP contribution in [0.5, 0.6) is 0 Å². The highest BCUT2D eigenvalue weighted by atomic mass is 32.1. The maximum atomic E-state index is 11.6. The molecule has 2 heterocycles. The maximum Gasteiger partial charge on any atom is 0.166 e. The lowest BCUT2D eigenvalue weighted by molar-refractivity contribution is 0.0971. The van der Waals surface area contributed by atoms with Gasteiger partial charge in [-0.3, -0.25) is 4.79 Å². The van der Waals surface area contributed by atoms with Gasteiger partial charge < -0.3 is 0 Å². The summed E-state index contributed by atoms with van der Waals surface area (Å²) in [5.74, 6) is 0.206. The Kier molecular flexibility index (Phi) is 2.25. The van der Waals surface area contributed by atoms with Crippen molar-refractivity contribution in [2.75, 3.05) is 0 Å². The Morgan fingerprint density at radius 3 is 3.00 bits per heavy atom. The van der Waals surface area contributed by atoms with Crippen molar-refractivity contribution in [1.29, 1.82) is 0 Å². The van der Waals surface area contributed by atoms with Crippen LogP contribution < -0.4 is 0 Å². The number of aromatic nitrogens is 3. The van der Waals surface area contributed by atoms with Crippen molar-refractivity contribution in [3.8, 4) is 10.7 Å². The molecule has 2 aromatic heterocycles. The average molecular weight is 231 g/mol. The lowest BCUT2D eigenvalue weighted by Gasteiger charge is -2.13. The second-order valence-corrected chi connectivity index (χ2v) is 4.54. The molecule has 0 saturated heterocycles. The minimum Gasteiger partial charge on any atom is -0.294 e.